The molecular formula is C12H15BrN2O3S. The van der Waals surface area contributed by atoms with Crippen LogP contribution in [0.15, 0.2) is 15.9 Å². The number of likely N-dealkylation sites (tertiary alicyclic amines) is 1. The van der Waals surface area contributed by atoms with E-state index in [1.807, 2.05) is 11.4 Å². The van der Waals surface area contributed by atoms with Crippen molar-refractivity contribution in [2.75, 3.05) is 6.54 Å². The molecular weight excluding hydrogens is 332 g/mol. The fourth-order valence-corrected chi connectivity index (χ4v) is 3.66. The molecule has 1 aromatic rings. The van der Waals surface area contributed by atoms with Gasteiger partial charge in [-0.1, -0.05) is 0 Å². The lowest BCUT2D eigenvalue weighted by atomic mass is 10.0. The van der Waals surface area contributed by atoms with Crippen LogP contribution in [0, 0.1) is 5.92 Å². The van der Waals surface area contributed by atoms with Gasteiger partial charge in [-0.15, -0.1) is 11.3 Å². The number of nitrogens with one attached hydrogen (secondary N) is 1. The van der Waals surface area contributed by atoms with E-state index in [-0.39, 0.29) is 12.1 Å². The van der Waals surface area contributed by atoms with Crippen molar-refractivity contribution in [1.82, 2.24) is 10.2 Å². The minimum absolute atomic E-state index is 0.194. The Hall–Kier alpha value is -1.08. The summed E-state index contributed by atoms with van der Waals surface area (Å²) in [7, 11) is 0. The van der Waals surface area contributed by atoms with Gasteiger partial charge in [0.25, 0.3) is 0 Å². The van der Waals surface area contributed by atoms with Crippen molar-refractivity contribution in [2.24, 2.45) is 5.92 Å². The first kappa shape index (κ1) is 14.3. The van der Waals surface area contributed by atoms with E-state index in [1.165, 1.54) is 0 Å². The van der Waals surface area contributed by atoms with Crippen LogP contribution in [-0.2, 0) is 11.3 Å². The number of thiophene rings is 1. The summed E-state index contributed by atoms with van der Waals surface area (Å²) in [6.07, 6.45) is 0.522. The molecule has 19 heavy (non-hydrogen) atoms. The van der Waals surface area contributed by atoms with Crippen LogP contribution in [0.4, 0.5) is 4.79 Å². The Labute approximate surface area is 123 Å². The average molecular weight is 347 g/mol. The monoisotopic (exact) mass is 346 g/mol. The van der Waals surface area contributed by atoms with Crippen LogP contribution in [0.25, 0.3) is 0 Å². The largest absolute Gasteiger partial charge is 0.481 e. The molecule has 2 N–H and O–H groups in total. The summed E-state index contributed by atoms with van der Waals surface area (Å²) in [5.41, 5.74) is 0. The third-order valence-electron chi connectivity index (χ3n) is 3.37. The molecule has 2 atom stereocenters. The highest BCUT2D eigenvalue weighted by Crippen LogP contribution is 2.24. The van der Waals surface area contributed by atoms with Gasteiger partial charge in [0, 0.05) is 27.3 Å². The molecule has 0 aromatic carbocycles. The quantitative estimate of drug-likeness (QED) is 0.883. The molecule has 0 bridgehead atoms. The number of carboxylic acid groups (broad SMARTS) is 1. The second kappa shape index (κ2) is 5.92. The molecule has 0 saturated carbocycles. The molecule has 0 radical (unpaired) electrons. The number of urea groups is 1. The van der Waals surface area contributed by atoms with Crippen LogP contribution < -0.4 is 5.32 Å². The van der Waals surface area contributed by atoms with Crippen LogP contribution in [0.1, 0.15) is 18.2 Å². The summed E-state index contributed by atoms with van der Waals surface area (Å²) in [5, 5.41) is 13.8. The second-order valence-electron chi connectivity index (χ2n) is 4.56. The Morgan fingerprint density at radius 2 is 2.37 bits per heavy atom. The van der Waals surface area contributed by atoms with Crippen molar-refractivity contribution in [3.63, 3.8) is 0 Å². The van der Waals surface area contributed by atoms with E-state index in [4.69, 9.17) is 5.11 Å². The van der Waals surface area contributed by atoms with Crippen molar-refractivity contribution in [3.8, 4) is 0 Å². The van der Waals surface area contributed by atoms with Crippen LogP contribution in [0.3, 0.4) is 0 Å². The van der Waals surface area contributed by atoms with Gasteiger partial charge in [-0.05, 0) is 35.3 Å². The molecule has 0 spiro atoms. The first-order chi connectivity index (χ1) is 8.99. The van der Waals surface area contributed by atoms with Gasteiger partial charge in [-0.2, -0.15) is 0 Å². The van der Waals surface area contributed by atoms with Crippen molar-refractivity contribution < 1.29 is 14.7 Å². The molecule has 1 aliphatic rings. The Morgan fingerprint density at radius 3 is 2.89 bits per heavy atom. The highest BCUT2D eigenvalue weighted by molar-refractivity contribution is 9.10. The average Bonchev–Trinajstić information content (AvgIpc) is 2.92. The van der Waals surface area contributed by atoms with E-state index in [2.05, 4.69) is 21.2 Å². The van der Waals surface area contributed by atoms with Crippen molar-refractivity contribution in [3.05, 3.63) is 20.8 Å². The van der Waals surface area contributed by atoms with E-state index in [0.717, 1.165) is 9.35 Å². The lowest BCUT2D eigenvalue weighted by molar-refractivity contribution is -0.142. The summed E-state index contributed by atoms with van der Waals surface area (Å²) < 4.78 is 1.00. The van der Waals surface area contributed by atoms with Gasteiger partial charge < -0.3 is 15.3 Å². The van der Waals surface area contributed by atoms with Crippen molar-refractivity contribution in [2.45, 2.75) is 25.9 Å². The molecule has 1 aromatic heterocycles. The van der Waals surface area contributed by atoms with Gasteiger partial charge in [-0.25, -0.2) is 4.79 Å². The highest BCUT2D eigenvalue weighted by atomic mass is 79.9. The van der Waals surface area contributed by atoms with Crippen LogP contribution in [0.2, 0.25) is 0 Å². The number of carboxylic acids is 1. The molecule has 1 aliphatic heterocycles. The minimum Gasteiger partial charge on any atom is -0.481 e. The van der Waals surface area contributed by atoms with E-state index in [0.29, 0.717) is 19.5 Å². The standard InChI is InChI=1S/C12H15BrN2O3S/c1-7-10(11(16)17)2-3-15(7)12(18)14-5-9-4-8(13)6-19-9/h4,6-7,10H,2-3,5H2,1H3,(H,14,18)(H,16,17). The molecule has 104 valence electrons. The van der Waals surface area contributed by atoms with Crippen LogP contribution >= 0.6 is 27.3 Å². The summed E-state index contributed by atoms with van der Waals surface area (Å²) in [5.74, 6) is -1.29. The molecule has 2 unspecified atom stereocenters. The number of carbonyl (C=O) groups is 2. The maximum atomic E-state index is 12.0. The van der Waals surface area contributed by atoms with Gasteiger partial charge in [0.2, 0.25) is 0 Å². The van der Waals surface area contributed by atoms with Gasteiger partial charge in [0.15, 0.2) is 0 Å². The summed E-state index contributed by atoms with van der Waals surface area (Å²) in [6.45, 7) is 2.75. The number of hydrogen-bond donors (Lipinski definition) is 2. The molecule has 1 fully saturated rings. The Balaban J connectivity index is 1.89. The van der Waals surface area contributed by atoms with Gasteiger partial charge >= 0.3 is 12.0 Å². The normalized spacial score (nSPS) is 22.5. The predicted octanol–water partition coefficient (Wildman–Crippen LogP) is 2.52. The third kappa shape index (κ3) is 3.27. The fourth-order valence-electron chi connectivity index (χ4n) is 2.27. The molecule has 2 heterocycles. The predicted molar refractivity (Wildman–Crippen MR) is 76.2 cm³/mol. The summed E-state index contributed by atoms with van der Waals surface area (Å²) in [6, 6.07) is 1.51. The first-order valence-electron chi connectivity index (χ1n) is 5.99. The van der Waals surface area contributed by atoms with Crippen LogP contribution in [-0.4, -0.2) is 34.6 Å². The smallest absolute Gasteiger partial charge is 0.317 e. The van der Waals surface area contributed by atoms with E-state index >= 15 is 0 Å². The Bertz CT molecular complexity index is 491. The summed E-state index contributed by atoms with van der Waals surface area (Å²) in [4.78, 5) is 25.7. The van der Waals surface area contributed by atoms with Crippen molar-refractivity contribution in [1.29, 1.82) is 0 Å². The third-order valence-corrected chi connectivity index (χ3v) is 5.07. The number of amides is 2. The minimum atomic E-state index is -0.829. The number of aliphatic carboxylic acids is 1. The second-order valence-corrected chi connectivity index (χ2v) is 6.47. The lowest BCUT2D eigenvalue weighted by Gasteiger charge is -2.23. The molecule has 2 rings (SSSR count). The molecule has 0 aliphatic carbocycles. The first-order valence-corrected chi connectivity index (χ1v) is 7.66. The number of nitrogens with zero attached hydrogens (tertiary/aromatic N) is 1. The summed E-state index contributed by atoms with van der Waals surface area (Å²) >= 11 is 4.93. The molecule has 1 saturated heterocycles. The van der Waals surface area contributed by atoms with Crippen molar-refractivity contribution >= 4 is 39.3 Å². The molecule has 2 amide bonds. The van der Waals surface area contributed by atoms with E-state index in [1.54, 1.807) is 23.2 Å². The molecule has 7 heteroatoms. The maximum Gasteiger partial charge on any atom is 0.317 e. The SMILES string of the molecule is CC1C(C(=O)O)CCN1C(=O)NCc1cc(Br)cs1. The Morgan fingerprint density at radius 1 is 1.63 bits per heavy atom. The zero-order valence-electron chi connectivity index (χ0n) is 10.4. The number of hydrogen-bond acceptors (Lipinski definition) is 3. The maximum absolute atomic E-state index is 12.0. The van der Waals surface area contributed by atoms with Crippen LogP contribution in [0.5, 0.6) is 0 Å². The fraction of sp³-hybridized carbons (Fsp3) is 0.500. The van der Waals surface area contributed by atoms with Gasteiger partial charge in [0.1, 0.15) is 0 Å². The van der Waals surface area contributed by atoms with Gasteiger partial charge in [0.05, 0.1) is 12.5 Å². The highest BCUT2D eigenvalue weighted by Gasteiger charge is 2.37. The number of carbonyl (C=O) groups excluding carboxylic acids is 1. The number of rotatable bonds is 3. The Kier molecular flexibility index (Phi) is 4.46. The zero-order chi connectivity index (χ0) is 14.0. The van der Waals surface area contributed by atoms with Gasteiger partial charge in [-0.3, -0.25) is 4.79 Å². The van der Waals surface area contributed by atoms with E-state index in [9.17, 15) is 9.59 Å². The number of halogens is 1. The topological polar surface area (TPSA) is 69.6 Å². The zero-order valence-corrected chi connectivity index (χ0v) is 12.8. The van der Waals surface area contributed by atoms with E-state index < -0.39 is 11.9 Å². The lowest BCUT2D eigenvalue weighted by Crippen LogP contribution is -2.43. The molecule has 5 nitrogen and oxygen atoms in total.